The standard InChI is InChI=1S/C13H17N5O3/c1-17(2)8-12-14-15-16-18(12)9-5-6-11(20-3)10(7-9)13(19)21-4/h5-7H,8H2,1-4H3. The molecular weight excluding hydrogens is 274 g/mol. The maximum absolute atomic E-state index is 11.8. The van der Waals surface area contributed by atoms with Crippen LogP contribution in [0.2, 0.25) is 0 Å². The molecule has 0 atom stereocenters. The number of hydrogen-bond acceptors (Lipinski definition) is 7. The van der Waals surface area contributed by atoms with Crippen molar-refractivity contribution in [3.05, 3.63) is 29.6 Å². The number of carbonyl (C=O) groups excluding carboxylic acids is 1. The molecule has 0 N–H and O–H groups in total. The van der Waals surface area contributed by atoms with E-state index in [-0.39, 0.29) is 0 Å². The van der Waals surface area contributed by atoms with Crippen molar-refractivity contribution in [1.82, 2.24) is 25.1 Å². The summed E-state index contributed by atoms with van der Waals surface area (Å²) in [6, 6.07) is 5.10. The minimum atomic E-state index is -0.476. The molecule has 1 heterocycles. The summed E-state index contributed by atoms with van der Waals surface area (Å²) < 4.78 is 11.5. The topological polar surface area (TPSA) is 82.4 Å². The van der Waals surface area contributed by atoms with E-state index in [4.69, 9.17) is 9.47 Å². The average Bonchev–Trinajstić information content (AvgIpc) is 2.93. The Morgan fingerprint density at radius 2 is 2.10 bits per heavy atom. The number of rotatable bonds is 5. The summed E-state index contributed by atoms with van der Waals surface area (Å²) in [6.45, 7) is 0.576. The second kappa shape index (κ2) is 6.31. The minimum absolute atomic E-state index is 0.323. The lowest BCUT2D eigenvalue weighted by Gasteiger charge is -2.12. The molecule has 0 saturated heterocycles. The van der Waals surface area contributed by atoms with Gasteiger partial charge in [-0.3, -0.25) is 0 Å². The van der Waals surface area contributed by atoms with Gasteiger partial charge in [0.25, 0.3) is 0 Å². The SMILES string of the molecule is COC(=O)c1cc(-n2nnnc2CN(C)C)ccc1OC. The Morgan fingerprint density at radius 1 is 1.33 bits per heavy atom. The molecule has 2 aromatic rings. The quantitative estimate of drug-likeness (QED) is 0.743. The highest BCUT2D eigenvalue weighted by atomic mass is 16.5. The van der Waals surface area contributed by atoms with Crippen molar-refractivity contribution < 1.29 is 14.3 Å². The number of ether oxygens (including phenoxy) is 2. The third-order valence-corrected chi connectivity index (χ3v) is 2.82. The number of methoxy groups -OCH3 is 2. The zero-order valence-electron chi connectivity index (χ0n) is 12.4. The molecule has 8 heteroatoms. The Labute approximate surface area is 122 Å². The maximum Gasteiger partial charge on any atom is 0.341 e. The fourth-order valence-electron chi connectivity index (χ4n) is 1.88. The molecule has 0 aliphatic carbocycles. The molecule has 0 saturated carbocycles. The summed E-state index contributed by atoms with van der Waals surface area (Å²) in [5.41, 5.74) is 0.988. The molecule has 0 spiro atoms. The van der Waals surface area contributed by atoms with E-state index in [0.29, 0.717) is 29.4 Å². The molecule has 112 valence electrons. The monoisotopic (exact) mass is 291 g/mol. The smallest absolute Gasteiger partial charge is 0.341 e. The van der Waals surface area contributed by atoms with Gasteiger partial charge in [-0.05, 0) is 42.7 Å². The van der Waals surface area contributed by atoms with Crippen LogP contribution in [0.1, 0.15) is 16.2 Å². The van der Waals surface area contributed by atoms with Gasteiger partial charge in [-0.25, -0.2) is 4.79 Å². The first-order valence-corrected chi connectivity index (χ1v) is 6.25. The van der Waals surface area contributed by atoms with Gasteiger partial charge in [-0.2, -0.15) is 4.68 Å². The van der Waals surface area contributed by atoms with E-state index in [2.05, 4.69) is 15.5 Å². The van der Waals surface area contributed by atoms with Crippen LogP contribution in [0.15, 0.2) is 18.2 Å². The van der Waals surface area contributed by atoms with E-state index in [1.807, 2.05) is 19.0 Å². The van der Waals surface area contributed by atoms with Gasteiger partial charge in [0.05, 0.1) is 26.5 Å². The van der Waals surface area contributed by atoms with E-state index in [1.54, 1.807) is 22.9 Å². The van der Waals surface area contributed by atoms with Gasteiger partial charge < -0.3 is 14.4 Å². The number of esters is 1. The molecule has 0 amide bonds. The lowest BCUT2D eigenvalue weighted by atomic mass is 10.1. The zero-order chi connectivity index (χ0) is 15.4. The molecule has 1 aromatic carbocycles. The van der Waals surface area contributed by atoms with Crippen LogP contribution < -0.4 is 4.74 Å². The van der Waals surface area contributed by atoms with Gasteiger partial charge in [0.2, 0.25) is 0 Å². The van der Waals surface area contributed by atoms with Crippen molar-refractivity contribution in [2.24, 2.45) is 0 Å². The predicted molar refractivity (Wildman–Crippen MR) is 74.4 cm³/mol. The summed E-state index contributed by atoms with van der Waals surface area (Å²) in [4.78, 5) is 13.8. The van der Waals surface area contributed by atoms with E-state index in [0.717, 1.165) is 0 Å². The summed E-state index contributed by atoms with van der Waals surface area (Å²) in [5, 5.41) is 11.6. The predicted octanol–water partition coefficient (Wildman–Crippen LogP) is 0.519. The first-order valence-electron chi connectivity index (χ1n) is 6.25. The summed E-state index contributed by atoms with van der Waals surface area (Å²) >= 11 is 0. The van der Waals surface area contributed by atoms with Crippen LogP contribution in [0.5, 0.6) is 5.75 Å². The Hall–Kier alpha value is -2.48. The van der Waals surface area contributed by atoms with Gasteiger partial charge in [-0.1, -0.05) is 0 Å². The van der Waals surface area contributed by atoms with Crippen molar-refractivity contribution in [3.63, 3.8) is 0 Å². The van der Waals surface area contributed by atoms with Crippen molar-refractivity contribution in [2.75, 3.05) is 28.3 Å². The number of nitrogens with zero attached hydrogens (tertiary/aromatic N) is 5. The molecular formula is C13H17N5O3. The lowest BCUT2D eigenvalue weighted by molar-refractivity contribution is 0.0597. The third kappa shape index (κ3) is 3.16. The van der Waals surface area contributed by atoms with Crippen LogP contribution >= 0.6 is 0 Å². The van der Waals surface area contributed by atoms with Crippen molar-refractivity contribution in [1.29, 1.82) is 0 Å². The summed E-state index contributed by atoms with van der Waals surface area (Å²) in [7, 11) is 6.67. The second-order valence-corrected chi connectivity index (χ2v) is 4.62. The molecule has 21 heavy (non-hydrogen) atoms. The molecule has 2 rings (SSSR count). The molecule has 8 nitrogen and oxygen atoms in total. The van der Waals surface area contributed by atoms with Crippen LogP contribution in [0, 0.1) is 0 Å². The zero-order valence-corrected chi connectivity index (χ0v) is 12.4. The van der Waals surface area contributed by atoms with Gasteiger partial charge in [0.15, 0.2) is 5.82 Å². The summed E-state index contributed by atoms with van der Waals surface area (Å²) in [6.07, 6.45) is 0. The fourth-order valence-corrected chi connectivity index (χ4v) is 1.88. The second-order valence-electron chi connectivity index (χ2n) is 4.62. The first kappa shape index (κ1) is 14.9. The van der Waals surface area contributed by atoms with E-state index in [1.165, 1.54) is 14.2 Å². The third-order valence-electron chi connectivity index (χ3n) is 2.82. The number of benzene rings is 1. The molecule has 0 bridgehead atoms. The molecule has 0 fully saturated rings. The van der Waals surface area contributed by atoms with Crippen LogP contribution in [0.25, 0.3) is 5.69 Å². The average molecular weight is 291 g/mol. The Morgan fingerprint density at radius 3 is 2.71 bits per heavy atom. The Bertz CT molecular complexity index is 638. The highest BCUT2D eigenvalue weighted by molar-refractivity contribution is 5.93. The first-order chi connectivity index (χ1) is 10.1. The number of tetrazole rings is 1. The van der Waals surface area contributed by atoms with Gasteiger partial charge in [-0.15, -0.1) is 5.10 Å². The van der Waals surface area contributed by atoms with E-state index < -0.39 is 5.97 Å². The fraction of sp³-hybridized carbons (Fsp3) is 0.385. The molecule has 0 aliphatic heterocycles. The molecule has 0 unspecified atom stereocenters. The van der Waals surface area contributed by atoms with Gasteiger partial charge in [0, 0.05) is 0 Å². The van der Waals surface area contributed by atoms with E-state index in [9.17, 15) is 4.79 Å². The van der Waals surface area contributed by atoms with Crippen molar-refractivity contribution >= 4 is 5.97 Å². The molecule has 1 aromatic heterocycles. The molecule has 0 radical (unpaired) electrons. The van der Waals surface area contributed by atoms with Gasteiger partial charge >= 0.3 is 5.97 Å². The van der Waals surface area contributed by atoms with Crippen LogP contribution in [-0.4, -0.2) is 59.4 Å². The number of aromatic nitrogens is 4. The Balaban J connectivity index is 2.46. The summed E-state index contributed by atoms with van der Waals surface area (Å²) in [5.74, 6) is 0.629. The highest BCUT2D eigenvalue weighted by Gasteiger charge is 2.16. The van der Waals surface area contributed by atoms with Crippen molar-refractivity contribution in [3.8, 4) is 11.4 Å². The minimum Gasteiger partial charge on any atom is -0.496 e. The van der Waals surface area contributed by atoms with Crippen molar-refractivity contribution in [2.45, 2.75) is 6.54 Å². The highest BCUT2D eigenvalue weighted by Crippen LogP contribution is 2.23. The van der Waals surface area contributed by atoms with E-state index >= 15 is 0 Å². The Kier molecular flexibility index (Phi) is 4.49. The van der Waals surface area contributed by atoms with Gasteiger partial charge in [0.1, 0.15) is 11.3 Å². The van der Waals surface area contributed by atoms with Crippen LogP contribution in [0.4, 0.5) is 0 Å². The lowest BCUT2D eigenvalue weighted by Crippen LogP contribution is -2.16. The maximum atomic E-state index is 11.8. The van der Waals surface area contributed by atoms with Crippen LogP contribution in [0.3, 0.4) is 0 Å². The number of hydrogen-bond donors (Lipinski definition) is 0. The molecule has 0 aliphatic rings. The van der Waals surface area contributed by atoms with Crippen LogP contribution in [-0.2, 0) is 11.3 Å². The number of carbonyl (C=O) groups is 1. The normalized spacial score (nSPS) is 10.7. The largest absolute Gasteiger partial charge is 0.496 e.